The van der Waals surface area contributed by atoms with E-state index in [0.29, 0.717) is 0 Å². The summed E-state index contributed by atoms with van der Waals surface area (Å²) in [5, 5.41) is 8.25. The Morgan fingerprint density at radius 2 is 1.53 bits per heavy atom. The number of hydrogen-bond donors (Lipinski definition) is 0. The van der Waals surface area contributed by atoms with Crippen LogP contribution in [0.5, 0.6) is 0 Å². The summed E-state index contributed by atoms with van der Waals surface area (Å²) >= 11 is 0. The molecular weight excluding hydrogens is 182 g/mol. The largest absolute Gasteiger partial charge is 0.193 e. The zero-order valence-electron chi connectivity index (χ0n) is 9.65. The Bertz CT molecular complexity index is 241. The van der Waals surface area contributed by atoms with Gasteiger partial charge in [-0.25, -0.2) is 0 Å². The van der Waals surface area contributed by atoms with Crippen LogP contribution in [0.25, 0.3) is 0 Å². The van der Waals surface area contributed by atoms with Gasteiger partial charge < -0.3 is 0 Å². The predicted molar refractivity (Wildman–Crippen MR) is 66.4 cm³/mol. The molecule has 0 fully saturated rings. The summed E-state index contributed by atoms with van der Waals surface area (Å²) in [5.41, 5.74) is 0. The van der Waals surface area contributed by atoms with Gasteiger partial charge in [-0.15, -0.1) is 0 Å². The molecule has 0 unspecified atom stereocenters. The molecule has 82 valence electrons. The minimum Gasteiger partial charge on any atom is -0.193 e. The summed E-state index contributed by atoms with van der Waals surface area (Å²) in [6.07, 6.45) is 19.1. The van der Waals surface area contributed by atoms with Crippen LogP contribution in [0.3, 0.4) is 0 Å². The zero-order chi connectivity index (χ0) is 11.2. The van der Waals surface area contributed by atoms with Crippen LogP contribution in [0.15, 0.2) is 36.5 Å². The van der Waals surface area contributed by atoms with Gasteiger partial charge in [0.05, 0.1) is 6.07 Å². The Morgan fingerprint density at radius 1 is 0.933 bits per heavy atom. The molecule has 1 heteroatoms. The number of rotatable bonds is 8. The SMILES string of the molecule is CCC/C=C/C=C/CCCC/C=C/C#N. The highest BCUT2D eigenvalue weighted by Gasteiger charge is 1.82. The maximum atomic E-state index is 8.25. The van der Waals surface area contributed by atoms with E-state index in [2.05, 4.69) is 31.2 Å². The van der Waals surface area contributed by atoms with E-state index in [4.69, 9.17) is 5.26 Å². The molecule has 0 saturated carbocycles. The van der Waals surface area contributed by atoms with Crippen LogP contribution in [0.2, 0.25) is 0 Å². The molecule has 0 N–H and O–H groups in total. The second-order valence-electron chi connectivity index (χ2n) is 3.46. The van der Waals surface area contributed by atoms with Crippen LogP contribution in [0, 0.1) is 11.3 Å². The molecule has 0 amide bonds. The molecule has 0 aromatic heterocycles. The first-order valence-corrected chi connectivity index (χ1v) is 5.78. The van der Waals surface area contributed by atoms with Crippen molar-refractivity contribution in [2.24, 2.45) is 0 Å². The van der Waals surface area contributed by atoms with Gasteiger partial charge in [0.1, 0.15) is 0 Å². The minimum absolute atomic E-state index is 1.02. The second-order valence-corrected chi connectivity index (χ2v) is 3.46. The predicted octanol–water partition coefficient (Wildman–Crippen LogP) is 4.54. The fourth-order valence-corrected chi connectivity index (χ4v) is 1.18. The average molecular weight is 203 g/mol. The summed E-state index contributed by atoms with van der Waals surface area (Å²) in [7, 11) is 0. The van der Waals surface area contributed by atoms with Crippen molar-refractivity contribution in [3.05, 3.63) is 36.5 Å². The number of unbranched alkanes of at least 4 members (excludes halogenated alkanes) is 4. The number of nitriles is 1. The van der Waals surface area contributed by atoms with Crippen molar-refractivity contribution < 1.29 is 0 Å². The molecule has 0 rings (SSSR count). The summed E-state index contributed by atoms with van der Waals surface area (Å²) in [6, 6.07) is 1.99. The van der Waals surface area contributed by atoms with Crippen molar-refractivity contribution in [2.75, 3.05) is 0 Å². The van der Waals surface area contributed by atoms with Crippen LogP contribution < -0.4 is 0 Å². The van der Waals surface area contributed by atoms with E-state index < -0.39 is 0 Å². The van der Waals surface area contributed by atoms with Crippen molar-refractivity contribution in [1.29, 1.82) is 5.26 Å². The van der Waals surface area contributed by atoms with Crippen molar-refractivity contribution >= 4 is 0 Å². The highest BCUT2D eigenvalue weighted by molar-refractivity contribution is 5.02. The topological polar surface area (TPSA) is 23.8 Å². The smallest absolute Gasteiger partial charge is 0.0908 e. The maximum Gasteiger partial charge on any atom is 0.0908 e. The molecule has 0 heterocycles. The molecule has 0 aliphatic carbocycles. The molecule has 0 aliphatic heterocycles. The third kappa shape index (κ3) is 12.7. The first-order chi connectivity index (χ1) is 7.41. The molecule has 0 saturated heterocycles. The monoisotopic (exact) mass is 203 g/mol. The van der Waals surface area contributed by atoms with E-state index in [1.165, 1.54) is 25.7 Å². The highest BCUT2D eigenvalue weighted by atomic mass is 14.2. The lowest BCUT2D eigenvalue weighted by Gasteiger charge is -1.91. The molecule has 0 bridgehead atoms. The van der Waals surface area contributed by atoms with Crippen LogP contribution in [0.1, 0.15) is 45.4 Å². The first-order valence-electron chi connectivity index (χ1n) is 5.78. The Morgan fingerprint density at radius 3 is 2.13 bits per heavy atom. The van der Waals surface area contributed by atoms with Crippen LogP contribution in [0.4, 0.5) is 0 Å². The van der Waals surface area contributed by atoms with Crippen LogP contribution in [-0.4, -0.2) is 0 Å². The zero-order valence-corrected chi connectivity index (χ0v) is 9.65. The number of allylic oxidation sites excluding steroid dienone is 6. The second kappa shape index (κ2) is 12.7. The summed E-state index contributed by atoms with van der Waals surface area (Å²) in [4.78, 5) is 0. The van der Waals surface area contributed by atoms with E-state index in [-0.39, 0.29) is 0 Å². The first kappa shape index (κ1) is 13.7. The Hall–Kier alpha value is -1.29. The fraction of sp³-hybridized carbons (Fsp3) is 0.500. The quantitative estimate of drug-likeness (QED) is 0.323. The molecule has 0 radical (unpaired) electrons. The standard InChI is InChI=1S/C14H21N/c1-2-3-4-5-6-7-8-9-10-11-12-13-14-15/h4-7,12-13H,2-3,8-11H2,1H3/b5-4+,7-6+,13-12+. The van der Waals surface area contributed by atoms with E-state index in [1.807, 2.05) is 12.1 Å². The lowest BCUT2D eigenvalue weighted by Crippen LogP contribution is -1.71. The van der Waals surface area contributed by atoms with E-state index in [1.54, 1.807) is 6.08 Å². The van der Waals surface area contributed by atoms with Crippen molar-refractivity contribution in [3.63, 3.8) is 0 Å². The molecular formula is C14H21N. The Kier molecular flexibility index (Phi) is 11.6. The van der Waals surface area contributed by atoms with Crippen molar-refractivity contribution in [3.8, 4) is 6.07 Å². The third-order valence-corrected chi connectivity index (χ3v) is 2.02. The van der Waals surface area contributed by atoms with Gasteiger partial charge in [0.15, 0.2) is 0 Å². The van der Waals surface area contributed by atoms with Crippen LogP contribution >= 0.6 is 0 Å². The van der Waals surface area contributed by atoms with Gasteiger partial charge in [0, 0.05) is 6.08 Å². The van der Waals surface area contributed by atoms with Gasteiger partial charge in [-0.05, 0) is 32.1 Å². The Labute approximate surface area is 93.8 Å². The highest BCUT2D eigenvalue weighted by Crippen LogP contribution is 2.01. The van der Waals surface area contributed by atoms with Crippen molar-refractivity contribution in [1.82, 2.24) is 0 Å². The van der Waals surface area contributed by atoms with Gasteiger partial charge in [0.25, 0.3) is 0 Å². The average Bonchev–Trinajstić information content (AvgIpc) is 2.26. The van der Waals surface area contributed by atoms with Gasteiger partial charge in [-0.1, -0.05) is 43.7 Å². The molecule has 0 aromatic carbocycles. The molecule has 15 heavy (non-hydrogen) atoms. The molecule has 0 aromatic rings. The van der Waals surface area contributed by atoms with E-state index in [9.17, 15) is 0 Å². The molecule has 1 nitrogen and oxygen atoms in total. The molecule has 0 spiro atoms. The third-order valence-electron chi connectivity index (χ3n) is 2.02. The maximum absolute atomic E-state index is 8.25. The normalized spacial score (nSPS) is 11.7. The fourth-order valence-electron chi connectivity index (χ4n) is 1.18. The van der Waals surface area contributed by atoms with Gasteiger partial charge >= 0.3 is 0 Å². The van der Waals surface area contributed by atoms with Crippen LogP contribution in [-0.2, 0) is 0 Å². The van der Waals surface area contributed by atoms with E-state index >= 15 is 0 Å². The number of hydrogen-bond acceptors (Lipinski definition) is 1. The summed E-state index contributed by atoms with van der Waals surface area (Å²) in [6.45, 7) is 2.18. The van der Waals surface area contributed by atoms with Gasteiger partial charge in [-0.3, -0.25) is 0 Å². The van der Waals surface area contributed by atoms with Gasteiger partial charge in [0.2, 0.25) is 0 Å². The van der Waals surface area contributed by atoms with Crippen molar-refractivity contribution in [2.45, 2.75) is 45.4 Å². The van der Waals surface area contributed by atoms with Gasteiger partial charge in [-0.2, -0.15) is 5.26 Å². The minimum atomic E-state index is 1.02. The summed E-state index contributed by atoms with van der Waals surface area (Å²) < 4.78 is 0. The number of nitrogens with zero attached hydrogens (tertiary/aromatic N) is 1. The van der Waals surface area contributed by atoms with E-state index in [0.717, 1.165) is 12.8 Å². The Balaban J connectivity index is 3.24. The molecule has 0 aliphatic rings. The lowest BCUT2D eigenvalue weighted by atomic mass is 10.2. The molecule has 0 atom stereocenters. The summed E-state index contributed by atoms with van der Waals surface area (Å²) in [5.74, 6) is 0. The lowest BCUT2D eigenvalue weighted by molar-refractivity contribution is 0.762.